The van der Waals surface area contributed by atoms with E-state index < -0.39 is 0 Å². The van der Waals surface area contributed by atoms with E-state index in [2.05, 4.69) is 23.5 Å². The Hall–Kier alpha value is -0.830. The first-order valence-electron chi connectivity index (χ1n) is 5.51. The van der Waals surface area contributed by atoms with Gasteiger partial charge in [-0.2, -0.15) is 5.10 Å². The third kappa shape index (κ3) is 1.98. The molecule has 3 heteroatoms. The summed E-state index contributed by atoms with van der Waals surface area (Å²) in [6.45, 7) is 3.25. The maximum Gasteiger partial charge on any atom is 0.0641 e. The molecule has 1 aromatic heterocycles. The molecule has 1 N–H and O–H groups in total. The fourth-order valence-electron chi connectivity index (χ4n) is 2.25. The number of hydrogen-bond donors (Lipinski definition) is 1. The van der Waals surface area contributed by atoms with Crippen molar-refractivity contribution < 1.29 is 0 Å². The molecule has 2 rings (SSSR count). The van der Waals surface area contributed by atoms with E-state index >= 15 is 0 Å². The highest BCUT2D eigenvalue weighted by atomic mass is 15.3. The van der Waals surface area contributed by atoms with Crippen molar-refractivity contribution >= 4 is 0 Å². The molecule has 1 aliphatic rings. The summed E-state index contributed by atoms with van der Waals surface area (Å²) in [6, 6.07) is 0.534. The number of nitrogens with zero attached hydrogens (tertiary/aromatic N) is 2. The molecule has 0 aromatic carbocycles. The third-order valence-corrected chi connectivity index (χ3v) is 2.99. The minimum Gasteiger partial charge on any atom is -0.310 e. The van der Waals surface area contributed by atoms with Crippen LogP contribution in [-0.2, 0) is 7.05 Å². The highest BCUT2D eigenvalue weighted by Crippen LogP contribution is 2.24. The Morgan fingerprint density at radius 2 is 2.29 bits per heavy atom. The van der Waals surface area contributed by atoms with Crippen LogP contribution < -0.4 is 5.32 Å². The Bertz CT molecular complexity index is 295. The van der Waals surface area contributed by atoms with Crippen LogP contribution in [0.4, 0.5) is 0 Å². The zero-order chi connectivity index (χ0) is 9.97. The molecule has 1 unspecified atom stereocenters. The van der Waals surface area contributed by atoms with Crippen molar-refractivity contribution in [3.05, 3.63) is 17.5 Å². The van der Waals surface area contributed by atoms with Crippen molar-refractivity contribution in [1.82, 2.24) is 15.1 Å². The lowest BCUT2D eigenvalue weighted by atomic mass is 10.0. The number of hydrogen-bond acceptors (Lipinski definition) is 2. The molecule has 1 saturated heterocycles. The zero-order valence-electron chi connectivity index (χ0n) is 9.08. The molecular weight excluding hydrogens is 174 g/mol. The second-order valence-corrected chi connectivity index (χ2v) is 4.20. The molecule has 1 aromatic rings. The predicted octanol–water partition coefficient (Wildman–Crippen LogP) is 1.93. The summed E-state index contributed by atoms with van der Waals surface area (Å²) in [5.41, 5.74) is 2.56. The molecule has 0 radical (unpaired) electrons. The van der Waals surface area contributed by atoms with Crippen LogP contribution in [0.1, 0.15) is 43.0 Å². The molecular formula is C11H19N3. The highest BCUT2D eigenvalue weighted by Gasteiger charge is 2.17. The van der Waals surface area contributed by atoms with E-state index in [0.29, 0.717) is 6.04 Å². The van der Waals surface area contributed by atoms with Gasteiger partial charge < -0.3 is 5.32 Å². The summed E-state index contributed by atoms with van der Waals surface area (Å²) >= 11 is 0. The first kappa shape index (κ1) is 9.71. The van der Waals surface area contributed by atoms with Gasteiger partial charge in [-0.3, -0.25) is 4.68 Å². The van der Waals surface area contributed by atoms with Crippen molar-refractivity contribution in [2.24, 2.45) is 7.05 Å². The Morgan fingerprint density at radius 1 is 1.43 bits per heavy atom. The Kier molecular flexibility index (Phi) is 2.87. The van der Waals surface area contributed by atoms with E-state index in [1.54, 1.807) is 0 Å². The van der Waals surface area contributed by atoms with Crippen molar-refractivity contribution in [2.75, 3.05) is 6.54 Å². The van der Waals surface area contributed by atoms with Crippen LogP contribution in [0.3, 0.4) is 0 Å². The van der Waals surface area contributed by atoms with Gasteiger partial charge in [0.25, 0.3) is 0 Å². The second-order valence-electron chi connectivity index (χ2n) is 4.20. The Labute approximate surface area is 85.5 Å². The van der Waals surface area contributed by atoms with Crippen molar-refractivity contribution in [2.45, 2.75) is 38.6 Å². The van der Waals surface area contributed by atoms with Gasteiger partial charge in [-0.1, -0.05) is 12.8 Å². The third-order valence-electron chi connectivity index (χ3n) is 2.99. The van der Waals surface area contributed by atoms with Gasteiger partial charge in [0.15, 0.2) is 0 Å². The fourth-order valence-corrected chi connectivity index (χ4v) is 2.25. The average molecular weight is 193 g/mol. The minimum absolute atomic E-state index is 0.534. The van der Waals surface area contributed by atoms with E-state index in [9.17, 15) is 0 Å². The van der Waals surface area contributed by atoms with Crippen LogP contribution in [0.2, 0.25) is 0 Å². The van der Waals surface area contributed by atoms with Crippen molar-refractivity contribution in [3.8, 4) is 0 Å². The summed E-state index contributed by atoms with van der Waals surface area (Å²) in [5.74, 6) is 0. The number of aromatic nitrogens is 2. The van der Waals surface area contributed by atoms with Gasteiger partial charge in [0.1, 0.15) is 0 Å². The van der Waals surface area contributed by atoms with Gasteiger partial charge in [-0.15, -0.1) is 0 Å². The van der Waals surface area contributed by atoms with Gasteiger partial charge in [0.2, 0.25) is 0 Å². The molecule has 0 amide bonds. The van der Waals surface area contributed by atoms with Crippen LogP contribution in [0, 0.1) is 6.92 Å². The molecule has 14 heavy (non-hydrogen) atoms. The molecule has 0 spiro atoms. The van der Waals surface area contributed by atoms with Crippen LogP contribution in [0.5, 0.6) is 0 Å². The zero-order valence-corrected chi connectivity index (χ0v) is 9.08. The minimum atomic E-state index is 0.534. The highest BCUT2D eigenvalue weighted by molar-refractivity contribution is 5.20. The van der Waals surface area contributed by atoms with Crippen LogP contribution in [0.25, 0.3) is 0 Å². The number of rotatable bonds is 1. The Balaban J connectivity index is 2.15. The van der Waals surface area contributed by atoms with Crippen LogP contribution >= 0.6 is 0 Å². The first-order valence-corrected chi connectivity index (χ1v) is 5.51. The second kappa shape index (κ2) is 4.13. The standard InChI is InChI=1S/C11H19N3/c1-9-10(8-14(2)13-9)11-6-4-3-5-7-12-11/h8,11-12H,3-7H2,1-2H3. The van der Waals surface area contributed by atoms with Crippen molar-refractivity contribution in [1.29, 1.82) is 0 Å². The van der Waals surface area contributed by atoms with Crippen LogP contribution in [0.15, 0.2) is 6.20 Å². The Morgan fingerprint density at radius 3 is 3.00 bits per heavy atom. The fraction of sp³-hybridized carbons (Fsp3) is 0.727. The van der Waals surface area contributed by atoms with Crippen molar-refractivity contribution in [3.63, 3.8) is 0 Å². The van der Waals surface area contributed by atoms with E-state index in [0.717, 1.165) is 6.54 Å². The topological polar surface area (TPSA) is 29.9 Å². The molecule has 1 fully saturated rings. The van der Waals surface area contributed by atoms with E-state index in [1.165, 1.54) is 36.9 Å². The maximum atomic E-state index is 4.39. The number of aryl methyl sites for hydroxylation is 2. The molecule has 2 heterocycles. The number of nitrogens with one attached hydrogen (secondary N) is 1. The average Bonchev–Trinajstić information content (AvgIpc) is 2.43. The maximum absolute atomic E-state index is 4.39. The predicted molar refractivity (Wildman–Crippen MR) is 57.2 cm³/mol. The molecule has 3 nitrogen and oxygen atoms in total. The summed E-state index contributed by atoms with van der Waals surface area (Å²) < 4.78 is 1.91. The lowest BCUT2D eigenvalue weighted by molar-refractivity contribution is 0.532. The molecule has 78 valence electrons. The summed E-state index contributed by atoms with van der Waals surface area (Å²) in [6.07, 6.45) is 7.43. The molecule has 0 aliphatic carbocycles. The van der Waals surface area contributed by atoms with Gasteiger partial charge in [-0.25, -0.2) is 0 Å². The monoisotopic (exact) mass is 193 g/mol. The summed E-state index contributed by atoms with van der Waals surface area (Å²) in [7, 11) is 1.99. The van der Waals surface area contributed by atoms with E-state index in [4.69, 9.17) is 0 Å². The van der Waals surface area contributed by atoms with Crippen LogP contribution in [-0.4, -0.2) is 16.3 Å². The SMILES string of the molecule is Cc1nn(C)cc1C1CCCCCN1. The normalized spacial score (nSPS) is 23.4. The summed E-state index contributed by atoms with van der Waals surface area (Å²) in [4.78, 5) is 0. The van der Waals surface area contributed by atoms with E-state index in [1.807, 2.05) is 11.7 Å². The van der Waals surface area contributed by atoms with Gasteiger partial charge >= 0.3 is 0 Å². The smallest absolute Gasteiger partial charge is 0.0641 e. The molecule has 1 aliphatic heterocycles. The molecule has 0 saturated carbocycles. The molecule has 1 atom stereocenters. The lowest BCUT2D eigenvalue weighted by Crippen LogP contribution is -2.20. The molecule has 0 bridgehead atoms. The van der Waals surface area contributed by atoms with E-state index in [-0.39, 0.29) is 0 Å². The lowest BCUT2D eigenvalue weighted by Gasteiger charge is -2.14. The largest absolute Gasteiger partial charge is 0.310 e. The van der Waals surface area contributed by atoms with Gasteiger partial charge in [0.05, 0.1) is 5.69 Å². The first-order chi connectivity index (χ1) is 6.77. The van der Waals surface area contributed by atoms with Gasteiger partial charge in [-0.05, 0) is 26.3 Å². The quantitative estimate of drug-likeness (QED) is 0.738. The summed E-state index contributed by atoms with van der Waals surface area (Å²) in [5, 5.41) is 7.99. The van der Waals surface area contributed by atoms with Gasteiger partial charge in [0, 0.05) is 24.8 Å².